The number of carbonyl (C=O) groups excluding carboxylic acids is 1. The van der Waals surface area contributed by atoms with Crippen molar-refractivity contribution in [1.82, 2.24) is 0 Å². The van der Waals surface area contributed by atoms with Crippen molar-refractivity contribution in [2.75, 3.05) is 11.9 Å². The molecule has 1 heterocycles. The molecule has 92 valence electrons. The summed E-state index contributed by atoms with van der Waals surface area (Å²) in [6, 6.07) is 5.95. The molecule has 1 aromatic carbocycles. The van der Waals surface area contributed by atoms with Crippen LogP contribution in [0.1, 0.15) is 30.7 Å². The van der Waals surface area contributed by atoms with E-state index in [9.17, 15) is 4.79 Å². The predicted octanol–water partition coefficient (Wildman–Crippen LogP) is 3.50. The Labute approximate surface area is 110 Å². The summed E-state index contributed by atoms with van der Waals surface area (Å²) < 4.78 is 5.33. The first kappa shape index (κ1) is 12.4. The molecule has 1 aromatic rings. The zero-order valence-corrected chi connectivity index (χ0v) is 11.6. The number of nitrogens with one attached hydrogen (secondary N) is 1. The van der Waals surface area contributed by atoms with Crippen LogP contribution in [0, 0.1) is 5.92 Å². The maximum absolute atomic E-state index is 11.2. The van der Waals surface area contributed by atoms with Gasteiger partial charge >= 0.3 is 0 Å². The second-order valence-corrected chi connectivity index (χ2v) is 5.37. The Hall–Kier alpha value is -1.03. The first-order valence-corrected chi connectivity index (χ1v) is 6.74. The standard InChI is InChI=1S/C13H16BrNO2/c1-3-8(2)13(14)9-4-5-11-10(6-9)15-12(16)7-17-11/h4-6,8,13H,3,7H2,1-2H3,(H,15,16). The Bertz CT molecular complexity index is 433. The molecule has 0 spiro atoms. The fourth-order valence-electron chi connectivity index (χ4n) is 1.81. The number of hydrogen-bond donors (Lipinski definition) is 1. The van der Waals surface area contributed by atoms with E-state index in [4.69, 9.17) is 4.74 Å². The Morgan fingerprint density at radius 3 is 3.00 bits per heavy atom. The largest absolute Gasteiger partial charge is 0.482 e. The molecule has 1 aliphatic heterocycles. The quantitative estimate of drug-likeness (QED) is 0.867. The van der Waals surface area contributed by atoms with E-state index in [1.54, 1.807) is 0 Å². The summed E-state index contributed by atoms with van der Waals surface area (Å²) in [4.78, 5) is 11.6. The summed E-state index contributed by atoms with van der Waals surface area (Å²) in [6.07, 6.45) is 1.11. The number of carbonyl (C=O) groups is 1. The molecule has 4 heteroatoms. The molecule has 1 amide bonds. The van der Waals surface area contributed by atoms with Gasteiger partial charge in [0.25, 0.3) is 5.91 Å². The maximum atomic E-state index is 11.2. The SMILES string of the molecule is CCC(C)C(Br)c1ccc2c(c1)NC(=O)CO2. The van der Waals surface area contributed by atoms with E-state index in [0.29, 0.717) is 10.7 Å². The molecular weight excluding hydrogens is 282 g/mol. The molecule has 0 saturated carbocycles. The molecule has 0 fully saturated rings. The highest BCUT2D eigenvalue weighted by Gasteiger charge is 2.20. The summed E-state index contributed by atoms with van der Waals surface area (Å²) >= 11 is 3.70. The number of benzene rings is 1. The molecule has 2 atom stereocenters. The lowest BCUT2D eigenvalue weighted by Crippen LogP contribution is -2.25. The van der Waals surface area contributed by atoms with Crippen molar-refractivity contribution in [1.29, 1.82) is 0 Å². The third-order valence-electron chi connectivity index (χ3n) is 3.10. The number of fused-ring (bicyclic) bond motifs is 1. The van der Waals surface area contributed by atoms with Crippen molar-refractivity contribution in [2.24, 2.45) is 5.92 Å². The molecule has 0 aromatic heterocycles. The van der Waals surface area contributed by atoms with Gasteiger partial charge in [-0.2, -0.15) is 0 Å². The number of halogens is 1. The van der Waals surface area contributed by atoms with Crippen molar-refractivity contribution in [3.8, 4) is 5.75 Å². The van der Waals surface area contributed by atoms with Crippen LogP contribution in [0.2, 0.25) is 0 Å². The average Bonchev–Trinajstić information content (AvgIpc) is 2.36. The molecule has 1 N–H and O–H groups in total. The molecule has 2 rings (SSSR count). The molecule has 0 bridgehead atoms. The minimum Gasteiger partial charge on any atom is -0.482 e. The second kappa shape index (κ2) is 5.08. The Kier molecular flexibility index (Phi) is 3.72. The van der Waals surface area contributed by atoms with Crippen molar-refractivity contribution in [3.05, 3.63) is 23.8 Å². The predicted molar refractivity (Wildman–Crippen MR) is 71.7 cm³/mol. The Balaban J connectivity index is 2.26. The molecule has 2 unspecified atom stereocenters. The van der Waals surface area contributed by atoms with Crippen LogP contribution in [-0.2, 0) is 4.79 Å². The number of rotatable bonds is 3. The highest BCUT2D eigenvalue weighted by atomic mass is 79.9. The smallest absolute Gasteiger partial charge is 0.262 e. The summed E-state index contributed by atoms with van der Waals surface area (Å²) in [6.45, 7) is 4.48. The van der Waals surface area contributed by atoms with E-state index in [1.165, 1.54) is 5.56 Å². The van der Waals surface area contributed by atoms with Crippen molar-refractivity contribution in [3.63, 3.8) is 0 Å². The van der Waals surface area contributed by atoms with E-state index >= 15 is 0 Å². The first-order valence-electron chi connectivity index (χ1n) is 5.82. The highest BCUT2D eigenvalue weighted by molar-refractivity contribution is 9.09. The van der Waals surface area contributed by atoms with Crippen molar-refractivity contribution < 1.29 is 9.53 Å². The topological polar surface area (TPSA) is 38.3 Å². The second-order valence-electron chi connectivity index (χ2n) is 4.38. The fraction of sp³-hybridized carbons (Fsp3) is 0.462. The number of hydrogen-bond acceptors (Lipinski definition) is 2. The Morgan fingerprint density at radius 1 is 1.53 bits per heavy atom. The van der Waals surface area contributed by atoms with Gasteiger partial charge in [0.05, 0.1) is 5.69 Å². The molecule has 0 aliphatic carbocycles. The van der Waals surface area contributed by atoms with Crippen LogP contribution < -0.4 is 10.1 Å². The van der Waals surface area contributed by atoms with Crippen LogP contribution in [0.25, 0.3) is 0 Å². The van der Waals surface area contributed by atoms with Gasteiger partial charge in [-0.25, -0.2) is 0 Å². The van der Waals surface area contributed by atoms with Gasteiger partial charge in [0.1, 0.15) is 5.75 Å². The van der Waals surface area contributed by atoms with E-state index in [1.807, 2.05) is 18.2 Å². The summed E-state index contributed by atoms with van der Waals surface area (Å²) in [5.41, 5.74) is 1.94. The van der Waals surface area contributed by atoms with Crippen LogP contribution in [0.15, 0.2) is 18.2 Å². The summed E-state index contributed by atoms with van der Waals surface area (Å²) in [5.74, 6) is 1.20. The van der Waals surface area contributed by atoms with Gasteiger partial charge in [-0.15, -0.1) is 0 Å². The fourth-order valence-corrected chi connectivity index (χ4v) is 2.47. The number of anilines is 1. The number of alkyl halides is 1. The van der Waals surface area contributed by atoms with Gasteiger partial charge in [0.2, 0.25) is 0 Å². The zero-order valence-electron chi connectivity index (χ0n) is 10.00. The minimum atomic E-state index is -0.0932. The van der Waals surface area contributed by atoms with Crippen LogP contribution in [-0.4, -0.2) is 12.5 Å². The third kappa shape index (κ3) is 2.63. The summed E-state index contributed by atoms with van der Waals surface area (Å²) in [5, 5.41) is 2.83. The summed E-state index contributed by atoms with van der Waals surface area (Å²) in [7, 11) is 0. The van der Waals surface area contributed by atoms with E-state index < -0.39 is 0 Å². The van der Waals surface area contributed by atoms with E-state index in [2.05, 4.69) is 35.1 Å². The van der Waals surface area contributed by atoms with Crippen LogP contribution >= 0.6 is 15.9 Å². The zero-order chi connectivity index (χ0) is 12.4. The van der Waals surface area contributed by atoms with Crippen LogP contribution in [0.5, 0.6) is 5.75 Å². The number of amides is 1. The molecule has 3 nitrogen and oxygen atoms in total. The third-order valence-corrected chi connectivity index (χ3v) is 4.53. The van der Waals surface area contributed by atoms with Gasteiger partial charge in [-0.05, 0) is 23.6 Å². The molecule has 1 aliphatic rings. The first-order chi connectivity index (χ1) is 8.11. The molecule has 0 saturated heterocycles. The normalized spacial score (nSPS) is 17.7. The van der Waals surface area contributed by atoms with Gasteiger partial charge in [-0.3, -0.25) is 4.79 Å². The number of ether oxygens (including phenoxy) is 1. The van der Waals surface area contributed by atoms with E-state index in [0.717, 1.165) is 17.9 Å². The van der Waals surface area contributed by atoms with Crippen LogP contribution in [0.4, 0.5) is 5.69 Å². The lowest BCUT2D eigenvalue weighted by atomic mass is 9.98. The molecule has 0 radical (unpaired) electrons. The Morgan fingerprint density at radius 2 is 2.29 bits per heavy atom. The van der Waals surface area contributed by atoms with E-state index in [-0.39, 0.29) is 12.5 Å². The van der Waals surface area contributed by atoms with Crippen molar-refractivity contribution >= 4 is 27.5 Å². The monoisotopic (exact) mass is 297 g/mol. The average molecular weight is 298 g/mol. The highest BCUT2D eigenvalue weighted by Crippen LogP contribution is 2.37. The van der Waals surface area contributed by atoms with Gasteiger partial charge in [0, 0.05) is 4.83 Å². The molecular formula is C13H16BrNO2. The van der Waals surface area contributed by atoms with Crippen molar-refractivity contribution in [2.45, 2.75) is 25.1 Å². The lowest BCUT2D eigenvalue weighted by molar-refractivity contribution is -0.118. The maximum Gasteiger partial charge on any atom is 0.262 e. The van der Waals surface area contributed by atoms with Gasteiger partial charge in [0.15, 0.2) is 6.61 Å². The molecule has 17 heavy (non-hydrogen) atoms. The lowest BCUT2D eigenvalue weighted by Gasteiger charge is -2.22. The van der Waals surface area contributed by atoms with Gasteiger partial charge < -0.3 is 10.1 Å². The van der Waals surface area contributed by atoms with Gasteiger partial charge in [-0.1, -0.05) is 42.3 Å². The minimum absolute atomic E-state index is 0.0932. The van der Waals surface area contributed by atoms with Crippen LogP contribution in [0.3, 0.4) is 0 Å².